The van der Waals surface area contributed by atoms with Gasteiger partial charge in [0.25, 0.3) is 0 Å². The van der Waals surface area contributed by atoms with E-state index < -0.39 is 0 Å². The van der Waals surface area contributed by atoms with E-state index in [1.54, 1.807) is 6.92 Å². The number of amides is 1. The minimum Gasteiger partial charge on any atom is -0.335 e. The van der Waals surface area contributed by atoms with Crippen LogP contribution in [0.5, 0.6) is 0 Å². The van der Waals surface area contributed by atoms with Crippen molar-refractivity contribution in [3.63, 3.8) is 0 Å². The van der Waals surface area contributed by atoms with Gasteiger partial charge in [0.1, 0.15) is 0 Å². The van der Waals surface area contributed by atoms with Gasteiger partial charge >= 0.3 is 0 Å². The van der Waals surface area contributed by atoms with Crippen LogP contribution in [0.2, 0.25) is 0 Å². The highest BCUT2D eigenvalue weighted by Crippen LogP contribution is 2.46. The fourth-order valence-electron chi connectivity index (χ4n) is 4.91. The van der Waals surface area contributed by atoms with E-state index in [1.165, 1.54) is 16.7 Å². The van der Waals surface area contributed by atoms with E-state index in [2.05, 4.69) is 53.1 Å². The third-order valence-electron chi connectivity index (χ3n) is 6.11. The highest BCUT2D eigenvalue weighted by atomic mass is 16.2. The molecular weight excluding hydrogens is 334 g/mol. The molecule has 2 aliphatic rings. The SMILES string of the molecule is CC(=O)N1C[C@H]2CN(Cc3cccc(C#N)c3)C[C@H]2[C@H]1c1ccccc1C. The number of aryl methyl sites for hydroxylation is 1. The Labute approximate surface area is 161 Å². The molecule has 2 aliphatic heterocycles. The lowest BCUT2D eigenvalue weighted by molar-refractivity contribution is -0.130. The van der Waals surface area contributed by atoms with Gasteiger partial charge in [-0.05, 0) is 41.7 Å². The maximum Gasteiger partial charge on any atom is 0.219 e. The molecule has 138 valence electrons. The monoisotopic (exact) mass is 359 g/mol. The summed E-state index contributed by atoms with van der Waals surface area (Å²) in [6, 6.07) is 18.7. The van der Waals surface area contributed by atoms with Crippen molar-refractivity contribution in [2.45, 2.75) is 26.4 Å². The molecule has 4 heteroatoms. The number of fused-ring (bicyclic) bond motifs is 1. The maximum atomic E-state index is 12.3. The Kier molecular flexibility index (Phi) is 4.72. The van der Waals surface area contributed by atoms with Crippen LogP contribution in [0.3, 0.4) is 0 Å². The first-order chi connectivity index (χ1) is 13.1. The Morgan fingerprint density at radius 2 is 1.96 bits per heavy atom. The summed E-state index contributed by atoms with van der Waals surface area (Å²) in [6.45, 7) is 7.53. The highest BCUT2D eigenvalue weighted by molar-refractivity contribution is 5.74. The van der Waals surface area contributed by atoms with Crippen molar-refractivity contribution in [3.05, 3.63) is 70.8 Å². The second-order valence-electron chi connectivity index (χ2n) is 7.90. The third kappa shape index (κ3) is 3.36. The molecule has 0 aromatic heterocycles. The molecule has 0 bridgehead atoms. The number of hydrogen-bond donors (Lipinski definition) is 0. The van der Waals surface area contributed by atoms with E-state index in [-0.39, 0.29) is 11.9 Å². The molecule has 1 amide bonds. The van der Waals surface area contributed by atoms with Crippen molar-refractivity contribution in [1.82, 2.24) is 9.80 Å². The summed E-state index contributed by atoms with van der Waals surface area (Å²) in [5.74, 6) is 1.15. The fourth-order valence-corrected chi connectivity index (χ4v) is 4.91. The normalized spacial score (nSPS) is 24.6. The van der Waals surface area contributed by atoms with Crippen molar-refractivity contribution >= 4 is 5.91 Å². The summed E-state index contributed by atoms with van der Waals surface area (Å²) < 4.78 is 0. The molecule has 0 unspecified atom stereocenters. The van der Waals surface area contributed by atoms with Crippen LogP contribution < -0.4 is 0 Å². The van der Waals surface area contributed by atoms with Crippen LogP contribution >= 0.6 is 0 Å². The number of rotatable bonds is 3. The molecule has 27 heavy (non-hydrogen) atoms. The van der Waals surface area contributed by atoms with E-state index in [0.29, 0.717) is 17.4 Å². The lowest BCUT2D eigenvalue weighted by Crippen LogP contribution is -2.34. The second kappa shape index (κ2) is 7.17. The molecular formula is C23H25N3O. The van der Waals surface area contributed by atoms with Crippen LogP contribution in [0.4, 0.5) is 0 Å². The van der Waals surface area contributed by atoms with Crippen molar-refractivity contribution in [1.29, 1.82) is 5.26 Å². The van der Waals surface area contributed by atoms with Gasteiger partial charge in [-0.1, -0.05) is 36.4 Å². The number of hydrogen-bond acceptors (Lipinski definition) is 3. The van der Waals surface area contributed by atoms with Gasteiger partial charge in [0.2, 0.25) is 5.91 Å². The van der Waals surface area contributed by atoms with E-state index >= 15 is 0 Å². The Balaban J connectivity index is 1.56. The van der Waals surface area contributed by atoms with Gasteiger partial charge in [0, 0.05) is 39.0 Å². The van der Waals surface area contributed by atoms with Gasteiger partial charge in [-0.3, -0.25) is 9.69 Å². The average Bonchev–Trinajstić information content (AvgIpc) is 3.20. The Bertz CT molecular complexity index is 900. The molecule has 2 aromatic rings. The molecule has 0 spiro atoms. The number of carbonyl (C=O) groups excluding carboxylic acids is 1. The topological polar surface area (TPSA) is 47.3 Å². The number of nitriles is 1. The zero-order valence-electron chi connectivity index (χ0n) is 15.9. The van der Waals surface area contributed by atoms with Crippen molar-refractivity contribution in [2.24, 2.45) is 11.8 Å². The van der Waals surface area contributed by atoms with Crippen LogP contribution in [0, 0.1) is 30.1 Å². The zero-order chi connectivity index (χ0) is 19.0. The Morgan fingerprint density at radius 1 is 1.15 bits per heavy atom. The first-order valence-electron chi connectivity index (χ1n) is 9.61. The molecule has 2 aromatic carbocycles. The molecule has 4 nitrogen and oxygen atoms in total. The van der Waals surface area contributed by atoms with E-state index in [4.69, 9.17) is 5.26 Å². The molecule has 4 rings (SSSR count). The number of nitrogens with zero attached hydrogens (tertiary/aromatic N) is 3. The van der Waals surface area contributed by atoms with Gasteiger partial charge in [-0.25, -0.2) is 0 Å². The molecule has 3 atom stereocenters. The summed E-state index contributed by atoms with van der Waals surface area (Å²) in [6.07, 6.45) is 0. The van der Waals surface area contributed by atoms with E-state index in [0.717, 1.165) is 26.2 Å². The van der Waals surface area contributed by atoms with Crippen LogP contribution in [0.15, 0.2) is 48.5 Å². The first kappa shape index (κ1) is 17.8. The molecule has 2 fully saturated rings. The quantitative estimate of drug-likeness (QED) is 0.842. The average molecular weight is 359 g/mol. The van der Waals surface area contributed by atoms with Crippen molar-refractivity contribution in [3.8, 4) is 6.07 Å². The Hall–Kier alpha value is -2.64. The lowest BCUT2D eigenvalue weighted by atomic mass is 9.87. The number of carbonyl (C=O) groups is 1. The highest BCUT2D eigenvalue weighted by Gasteiger charge is 2.48. The summed E-state index contributed by atoms with van der Waals surface area (Å²) >= 11 is 0. The molecule has 0 saturated carbocycles. The van der Waals surface area contributed by atoms with Crippen molar-refractivity contribution < 1.29 is 4.79 Å². The molecule has 2 heterocycles. The number of benzene rings is 2. The fraction of sp³-hybridized carbons (Fsp3) is 0.391. The minimum absolute atomic E-state index is 0.171. The van der Waals surface area contributed by atoms with Gasteiger partial charge in [-0.2, -0.15) is 5.26 Å². The molecule has 0 aliphatic carbocycles. The van der Waals surface area contributed by atoms with E-state index in [9.17, 15) is 4.79 Å². The zero-order valence-corrected chi connectivity index (χ0v) is 15.9. The molecule has 0 N–H and O–H groups in total. The van der Waals surface area contributed by atoms with Gasteiger partial charge in [0.15, 0.2) is 0 Å². The minimum atomic E-state index is 0.171. The van der Waals surface area contributed by atoms with E-state index in [1.807, 2.05) is 18.2 Å². The second-order valence-corrected chi connectivity index (χ2v) is 7.90. The van der Waals surface area contributed by atoms with Gasteiger partial charge < -0.3 is 4.90 Å². The lowest BCUT2D eigenvalue weighted by Gasteiger charge is -2.30. The van der Waals surface area contributed by atoms with Gasteiger partial charge in [-0.15, -0.1) is 0 Å². The van der Waals surface area contributed by atoms with Crippen LogP contribution in [-0.2, 0) is 11.3 Å². The van der Waals surface area contributed by atoms with Crippen LogP contribution in [0.1, 0.15) is 35.2 Å². The predicted molar refractivity (Wildman–Crippen MR) is 105 cm³/mol. The molecule has 2 saturated heterocycles. The summed E-state index contributed by atoms with van der Waals surface area (Å²) in [7, 11) is 0. The molecule has 0 radical (unpaired) electrons. The van der Waals surface area contributed by atoms with Gasteiger partial charge in [0.05, 0.1) is 17.7 Å². The largest absolute Gasteiger partial charge is 0.335 e. The predicted octanol–water partition coefficient (Wildman–Crippen LogP) is 3.52. The third-order valence-corrected chi connectivity index (χ3v) is 6.11. The summed E-state index contributed by atoms with van der Waals surface area (Å²) in [5, 5.41) is 9.12. The van der Waals surface area contributed by atoms with Crippen LogP contribution in [0.25, 0.3) is 0 Å². The summed E-state index contributed by atoms with van der Waals surface area (Å²) in [5.41, 5.74) is 4.44. The maximum absolute atomic E-state index is 12.3. The van der Waals surface area contributed by atoms with Crippen molar-refractivity contribution in [2.75, 3.05) is 19.6 Å². The van der Waals surface area contributed by atoms with Crippen LogP contribution in [-0.4, -0.2) is 35.3 Å². The Morgan fingerprint density at radius 3 is 2.70 bits per heavy atom. The summed E-state index contributed by atoms with van der Waals surface area (Å²) in [4.78, 5) is 16.9. The number of likely N-dealkylation sites (tertiary alicyclic amines) is 2. The first-order valence-corrected chi connectivity index (χ1v) is 9.61. The smallest absolute Gasteiger partial charge is 0.219 e. The standard InChI is InChI=1S/C23H25N3O/c1-16-6-3-4-9-21(16)23-22-15-25(13-20(22)14-26(23)17(2)27)12-19-8-5-7-18(10-19)11-24/h3-10,20,22-23H,12-15H2,1-2H3/t20-,22-,23-/m1/s1.